The highest BCUT2D eigenvalue weighted by molar-refractivity contribution is 7.80. The molecule has 0 fully saturated rings. The summed E-state index contributed by atoms with van der Waals surface area (Å²) < 4.78 is 0. The summed E-state index contributed by atoms with van der Waals surface area (Å²) >= 11 is 16.8. The summed E-state index contributed by atoms with van der Waals surface area (Å²) in [7, 11) is 0. The van der Waals surface area contributed by atoms with Crippen LogP contribution in [0.2, 0.25) is 10.0 Å². The fraction of sp³-hybridized carbons (Fsp3) is 0.300. The SMILES string of the molecule is CCCN(C(N)=S)c1ccc(Cl)cc1Cl. The molecule has 82 valence electrons. The van der Waals surface area contributed by atoms with Crippen molar-refractivity contribution in [1.29, 1.82) is 0 Å². The van der Waals surface area contributed by atoms with Crippen LogP contribution in [-0.2, 0) is 0 Å². The lowest BCUT2D eigenvalue weighted by Gasteiger charge is -2.23. The third-order valence-corrected chi connectivity index (χ3v) is 2.67. The predicted molar refractivity (Wildman–Crippen MR) is 70.9 cm³/mol. The van der Waals surface area contributed by atoms with Crippen molar-refractivity contribution in [3.05, 3.63) is 28.2 Å². The van der Waals surface area contributed by atoms with Crippen LogP contribution in [0.3, 0.4) is 0 Å². The number of nitrogens with zero attached hydrogens (tertiary/aromatic N) is 1. The minimum Gasteiger partial charge on any atom is -0.376 e. The van der Waals surface area contributed by atoms with Gasteiger partial charge in [0.25, 0.3) is 0 Å². The molecule has 0 unspecified atom stereocenters. The molecular weight excluding hydrogens is 251 g/mol. The predicted octanol–water partition coefficient (Wildman–Crippen LogP) is 3.45. The second-order valence-corrected chi connectivity index (χ2v) is 4.35. The Balaban J connectivity index is 3.05. The van der Waals surface area contributed by atoms with Crippen LogP contribution in [-0.4, -0.2) is 11.7 Å². The third-order valence-electron chi connectivity index (χ3n) is 1.91. The third kappa shape index (κ3) is 3.23. The van der Waals surface area contributed by atoms with Gasteiger partial charge in [-0.25, -0.2) is 0 Å². The van der Waals surface area contributed by atoms with Crippen LogP contribution in [0.15, 0.2) is 18.2 Å². The maximum Gasteiger partial charge on any atom is 0.170 e. The minimum absolute atomic E-state index is 0.320. The van der Waals surface area contributed by atoms with Gasteiger partial charge in [-0.15, -0.1) is 0 Å². The van der Waals surface area contributed by atoms with Gasteiger partial charge in [0, 0.05) is 11.6 Å². The van der Waals surface area contributed by atoms with Crippen molar-refractivity contribution in [2.75, 3.05) is 11.4 Å². The van der Waals surface area contributed by atoms with Gasteiger partial charge in [-0.2, -0.15) is 0 Å². The van der Waals surface area contributed by atoms with E-state index < -0.39 is 0 Å². The number of halogens is 2. The van der Waals surface area contributed by atoms with Crippen molar-refractivity contribution in [2.24, 2.45) is 5.73 Å². The Morgan fingerprint density at radius 1 is 1.47 bits per heavy atom. The minimum atomic E-state index is 0.320. The molecule has 0 spiro atoms. The molecule has 0 saturated heterocycles. The van der Waals surface area contributed by atoms with Gasteiger partial charge >= 0.3 is 0 Å². The Morgan fingerprint density at radius 3 is 2.60 bits per heavy atom. The van der Waals surface area contributed by atoms with Gasteiger partial charge in [-0.05, 0) is 36.8 Å². The molecule has 0 amide bonds. The quantitative estimate of drug-likeness (QED) is 0.847. The summed E-state index contributed by atoms with van der Waals surface area (Å²) in [6.45, 7) is 2.80. The van der Waals surface area contributed by atoms with Crippen LogP contribution in [0.4, 0.5) is 5.69 Å². The van der Waals surface area contributed by atoms with E-state index in [1.807, 2.05) is 6.07 Å². The Morgan fingerprint density at radius 2 is 2.13 bits per heavy atom. The standard InChI is InChI=1S/C10H12Cl2N2S/c1-2-5-14(10(13)15)9-4-3-7(11)6-8(9)12/h3-4,6H,2,5H2,1H3,(H2,13,15). The first-order valence-corrected chi connectivity index (χ1v) is 5.74. The number of rotatable bonds is 3. The molecule has 0 radical (unpaired) electrons. The molecule has 2 nitrogen and oxygen atoms in total. The van der Waals surface area contributed by atoms with Gasteiger partial charge in [0.2, 0.25) is 0 Å². The van der Waals surface area contributed by atoms with Gasteiger partial charge in [-0.3, -0.25) is 0 Å². The molecule has 1 aromatic carbocycles. The van der Waals surface area contributed by atoms with Crippen molar-refractivity contribution in [3.8, 4) is 0 Å². The molecule has 1 rings (SSSR count). The Kier molecular flexibility index (Phi) is 4.64. The first-order chi connectivity index (χ1) is 7.06. The molecule has 0 aliphatic carbocycles. The lowest BCUT2D eigenvalue weighted by molar-refractivity contribution is 0.905. The molecular formula is C10H12Cl2N2S. The van der Waals surface area contributed by atoms with Crippen molar-refractivity contribution in [1.82, 2.24) is 0 Å². The number of nitrogens with two attached hydrogens (primary N) is 1. The monoisotopic (exact) mass is 262 g/mol. The fourth-order valence-corrected chi connectivity index (χ4v) is 1.97. The van der Waals surface area contributed by atoms with Crippen LogP contribution in [0.1, 0.15) is 13.3 Å². The molecule has 0 aliphatic heterocycles. The number of anilines is 1. The summed E-state index contributed by atoms with van der Waals surface area (Å²) in [6.07, 6.45) is 0.941. The second kappa shape index (κ2) is 5.54. The second-order valence-electron chi connectivity index (χ2n) is 3.09. The summed E-state index contributed by atoms with van der Waals surface area (Å²) in [6, 6.07) is 5.27. The summed E-state index contributed by atoms with van der Waals surface area (Å²) in [5.41, 5.74) is 6.43. The highest BCUT2D eigenvalue weighted by Gasteiger charge is 2.11. The van der Waals surface area contributed by atoms with Gasteiger partial charge in [-0.1, -0.05) is 30.1 Å². The zero-order valence-electron chi connectivity index (χ0n) is 8.34. The highest BCUT2D eigenvalue weighted by Crippen LogP contribution is 2.28. The van der Waals surface area contributed by atoms with E-state index in [0.29, 0.717) is 15.2 Å². The van der Waals surface area contributed by atoms with Crippen LogP contribution in [0, 0.1) is 0 Å². The van der Waals surface area contributed by atoms with E-state index in [1.54, 1.807) is 17.0 Å². The molecule has 2 N–H and O–H groups in total. The average Bonchev–Trinajstić information content (AvgIpc) is 2.15. The first kappa shape index (κ1) is 12.6. The van der Waals surface area contributed by atoms with Gasteiger partial charge in [0.05, 0.1) is 10.7 Å². The number of benzene rings is 1. The molecule has 0 atom stereocenters. The molecule has 0 saturated carbocycles. The van der Waals surface area contributed by atoms with Crippen molar-refractivity contribution in [2.45, 2.75) is 13.3 Å². The zero-order chi connectivity index (χ0) is 11.4. The zero-order valence-corrected chi connectivity index (χ0v) is 10.7. The highest BCUT2D eigenvalue weighted by atomic mass is 35.5. The largest absolute Gasteiger partial charge is 0.376 e. The molecule has 0 heterocycles. The number of thiocarbonyl (C=S) groups is 1. The molecule has 15 heavy (non-hydrogen) atoms. The average molecular weight is 263 g/mol. The Bertz CT molecular complexity index is 368. The normalized spacial score (nSPS) is 10.1. The number of hydrogen-bond acceptors (Lipinski definition) is 1. The molecule has 5 heteroatoms. The summed E-state index contributed by atoms with van der Waals surface area (Å²) in [5, 5.41) is 1.48. The fourth-order valence-electron chi connectivity index (χ4n) is 1.27. The van der Waals surface area contributed by atoms with Crippen molar-refractivity contribution >= 4 is 46.2 Å². The lowest BCUT2D eigenvalue weighted by atomic mass is 10.3. The molecule has 0 aromatic heterocycles. The van der Waals surface area contributed by atoms with Crippen molar-refractivity contribution in [3.63, 3.8) is 0 Å². The molecule has 1 aromatic rings. The van der Waals surface area contributed by atoms with E-state index in [4.69, 9.17) is 41.2 Å². The molecule has 0 bridgehead atoms. The smallest absolute Gasteiger partial charge is 0.170 e. The first-order valence-electron chi connectivity index (χ1n) is 4.58. The summed E-state index contributed by atoms with van der Waals surface area (Å²) in [4.78, 5) is 1.80. The maximum atomic E-state index is 6.06. The van der Waals surface area contributed by atoms with Gasteiger partial charge in [0.1, 0.15) is 0 Å². The topological polar surface area (TPSA) is 29.3 Å². The van der Waals surface area contributed by atoms with Crippen LogP contribution in [0.25, 0.3) is 0 Å². The summed E-state index contributed by atoms with van der Waals surface area (Å²) in [5.74, 6) is 0. The van der Waals surface area contributed by atoms with Crippen LogP contribution in [0.5, 0.6) is 0 Å². The van der Waals surface area contributed by atoms with E-state index in [0.717, 1.165) is 18.7 Å². The van der Waals surface area contributed by atoms with Crippen LogP contribution < -0.4 is 10.6 Å². The Labute approximate surface area is 105 Å². The maximum absolute atomic E-state index is 6.06. The Hall–Kier alpha value is -0.510. The number of hydrogen-bond donors (Lipinski definition) is 1. The van der Waals surface area contributed by atoms with Gasteiger partial charge < -0.3 is 10.6 Å². The van der Waals surface area contributed by atoms with Gasteiger partial charge in [0.15, 0.2) is 5.11 Å². The van der Waals surface area contributed by atoms with E-state index in [9.17, 15) is 0 Å². The molecule has 0 aliphatic rings. The van der Waals surface area contributed by atoms with E-state index in [2.05, 4.69) is 6.92 Å². The lowest BCUT2D eigenvalue weighted by Crippen LogP contribution is -2.36. The van der Waals surface area contributed by atoms with E-state index in [1.165, 1.54) is 0 Å². The van der Waals surface area contributed by atoms with Crippen molar-refractivity contribution < 1.29 is 0 Å². The van der Waals surface area contributed by atoms with E-state index >= 15 is 0 Å². The van der Waals surface area contributed by atoms with Crippen LogP contribution >= 0.6 is 35.4 Å². The van der Waals surface area contributed by atoms with E-state index in [-0.39, 0.29) is 0 Å².